The second-order valence-electron chi connectivity index (χ2n) is 7.20. The Bertz CT molecular complexity index is 838. The largest absolute Gasteiger partial charge is 0.398 e. The Labute approximate surface area is 143 Å². The van der Waals surface area contributed by atoms with Crippen LogP contribution in [0.1, 0.15) is 0 Å². The lowest BCUT2D eigenvalue weighted by Crippen LogP contribution is -2.21. The van der Waals surface area contributed by atoms with Gasteiger partial charge in [-0.15, -0.1) is 0 Å². The molecule has 2 heterocycles. The zero-order valence-corrected chi connectivity index (χ0v) is 15.5. The summed E-state index contributed by atoms with van der Waals surface area (Å²) < 4.78 is 7.89. The number of rotatable bonds is 6. The lowest BCUT2D eigenvalue weighted by molar-refractivity contribution is 0.0898. The molecule has 0 radical (unpaired) electrons. The SMILES string of the molecule is C[Si](C)(C)CCOCn1cnc2c(-c3cnccc3N)cccc21. The molecular weight excluding hydrogens is 316 g/mol. The molecule has 3 rings (SSSR count). The molecular formula is C18H24N4OSi. The van der Waals surface area contributed by atoms with E-state index in [4.69, 9.17) is 10.5 Å². The molecule has 0 bridgehead atoms. The average molecular weight is 341 g/mol. The van der Waals surface area contributed by atoms with Crippen LogP contribution in [0.2, 0.25) is 25.7 Å². The summed E-state index contributed by atoms with van der Waals surface area (Å²) in [6.07, 6.45) is 5.31. The van der Waals surface area contributed by atoms with Crippen molar-refractivity contribution in [2.75, 3.05) is 12.3 Å². The second-order valence-corrected chi connectivity index (χ2v) is 12.8. The third-order valence-electron chi connectivity index (χ3n) is 4.02. The number of nitrogens with zero attached hydrogens (tertiary/aromatic N) is 3. The molecule has 0 saturated heterocycles. The van der Waals surface area contributed by atoms with Gasteiger partial charge in [-0.1, -0.05) is 31.8 Å². The minimum absolute atomic E-state index is 0.521. The summed E-state index contributed by atoms with van der Waals surface area (Å²) in [6, 6.07) is 9.07. The van der Waals surface area contributed by atoms with E-state index in [-0.39, 0.29) is 0 Å². The van der Waals surface area contributed by atoms with Crippen LogP contribution < -0.4 is 5.73 Å². The van der Waals surface area contributed by atoms with Crippen LogP contribution in [-0.4, -0.2) is 29.2 Å². The number of nitrogen functional groups attached to an aromatic ring is 1. The molecule has 2 N–H and O–H groups in total. The number of imidazole rings is 1. The Balaban J connectivity index is 1.83. The van der Waals surface area contributed by atoms with Crippen molar-refractivity contribution in [3.63, 3.8) is 0 Å². The number of nitrogens with two attached hydrogens (primary N) is 1. The van der Waals surface area contributed by atoms with Crippen LogP contribution in [0.15, 0.2) is 43.0 Å². The maximum Gasteiger partial charge on any atom is 0.124 e. The third-order valence-corrected chi connectivity index (χ3v) is 5.73. The van der Waals surface area contributed by atoms with E-state index in [2.05, 4.69) is 35.7 Å². The normalized spacial score (nSPS) is 12.0. The number of hydrogen-bond acceptors (Lipinski definition) is 4. The van der Waals surface area contributed by atoms with Crippen molar-refractivity contribution in [1.29, 1.82) is 0 Å². The highest BCUT2D eigenvalue weighted by molar-refractivity contribution is 6.76. The van der Waals surface area contributed by atoms with Gasteiger partial charge in [0.25, 0.3) is 0 Å². The number of hydrogen-bond donors (Lipinski definition) is 1. The molecule has 1 aromatic carbocycles. The molecule has 0 aliphatic heterocycles. The average Bonchev–Trinajstić information content (AvgIpc) is 2.94. The Morgan fingerprint density at radius 2 is 2.00 bits per heavy atom. The molecule has 0 amide bonds. The Hall–Kier alpha value is -2.18. The summed E-state index contributed by atoms with van der Waals surface area (Å²) in [5.41, 5.74) is 10.7. The van der Waals surface area contributed by atoms with E-state index in [1.807, 2.05) is 29.1 Å². The van der Waals surface area contributed by atoms with Crippen molar-refractivity contribution in [2.24, 2.45) is 0 Å². The highest BCUT2D eigenvalue weighted by Crippen LogP contribution is 2.30. The van der Waals surface area contributed by atoms with Gasteiger partial charge in [0.15, 0.2) is 0 Å². The van der Waals surface area contributed by atoms with Crippen LogP contribution >= 0.6 is 0 Å². The van der Waals surface area contributed by atoms with Crippen LogP contribution in [-0.2, 0) is 11.5 Å². The van der Waals surface area contributed by atoms with Crippen molar-refractivity contribution < 1.29 is 4.74 Å². The molecule has 3 aromatic rings. The Morgan fingerprint density at radius 3 is 2.75 bits per heavy atom. The minimum atomic E-state index is -1.06. The van der Waals surface area contributed by atoms with Gasteiger partial charge >= 0.3 is 0 Å². The van der Waals surface area contributed by atoms with Crippen LogP contribution in [0, 0.1) is 0 Å². The van der Waals surface area contributed by atoms with Crippen molar-refractivity contribution in [3.05, 3.63) is 43.0 Å². The number of fused-ring (bicyclic) bond motifs is 1. The molecule has 0 unspecified atom stereocenters. The lowest BCUT2D eigenvalue weighted by Gasteiger charge is -2.15. The third kappa shape index (κ3) is 3.65. The first-order valence-corrected chi connectivity index (χ1v) is 11.9. The van der Waals surface area contributed by atoms with E-state index in [1.165, 1.54) is 0 Å². The van der Waals surface area contributed by atoms with E-state index < -0.39 is 8.07 Å². The summed E-state index contributed by atoms with van der Waals surface area (Å²) in [4.78, 5) is 8.76. The van der Waals surface area contributed by atoms with Crippen LogP contribution in [0.3, 0.4) is 0 Å². The van der Waals surface area contributed by atoms with Crippen molar-refractivity contribution in [3.8, 4) is 11.1 Å². The molecule has 0 aliphatic carbocycles. The predicted molar refractivity (Wildman–Crippen MR) is 101 cm³/mol. The quantitative estimate of drug-likeness (QED) is 0.544. The fourth-order valence-corrected chi connectivity index (χ4v) is 3.34. The topological polar surface area (TPSA) is 66.0 Å². The van der Waals surface area contributed by atoms with E-state index in [1.54, 1.807) is 12.4 Å². The zero-order chi connectivity index (χ0) is 17.2. The van der Waals surface area contributed by atoms with Gasteiger partial charge in [-0.2, -0.15) is 0 Å². The highest BCUT2D eigenvalue weighted by atomic mass is 28.3. The van der Waals surface area contributed by atoms with Gasteiger partial charge in [0.05, 0.1) is 17.4 Å². The molecule has 126 valence electrons. The lowest BCUT2D eigenvalue weighted by atomic mass is 10.0. The van der Waals surface area contributed by atoms with Crippen LogP contribution in [0.4, 0.5) is 5.69 Å². The number of aromatic nitrogens is 3. The van der Waals surface area contributed by atoms with Gasteiger partial charge < -0.3 is 15.0 Å². The van der Waals surface area contributed by atoms with E-state index >= 15 is 0 Å². The Kier molecular flexibility index (Phi) is 4.68. The van der Waals surface area contributed by atoms with Gasteiger partial charge in [-0.3, -0.25) is 4.98 Å². The number of ether oxygens (including phenoxy) is 1. The molecule has 0 fully saturated rings. The summed E-state index contributed by atoms with van der Waals surface area (Å²) in [5, 5.41) is 0. The molecule has 0 spiro atoms. The van der Waals surface area contributed by atoms with Gasteiger partial charge in [-0.05, 0) is 18.2 Å². The molecule has 2 aromatic heterocycles. The Morgan fingerprint density at radius 1 is 1.17 bits per heavy atom. The minimum Gasteiger partial charge on any atom is -0.398 e. The highest BCUT2D eigenvalue weighted by Gasteiger charge is 2.13. The summed E-state index contributed by atoms with van der Waals surface area (Å²) in [6.45, 7) is 8.38. The first-order chi connectivity index (χ1) is 11.5. The van der Waals surface area contributed by atoms with E-state index in [0.29, 0.717) is 12.4 Å². The summed E-state index contributed by atoms with van der Waals surface area (Å²) in [7, 11) is -1.06. The maximum atomic E-state index is 6.09. The van der Waals surface area contributed by atoms with Crippen molar-refractivity contribution in [1.82, 2.24) is 14.5 Å². The summed E-state index contributed by atoms with van der Waals surface area (Å²) >= 11 is 0. The van der Waals surface area contributed by atoms with Crippen molar-refractivity contribution >= 4 is 24.8 Å². The molecule has 0 atom stereocenters. The maximum absolute atomic E-state index is 6.09. The van der Waals surface area contributed by atoms with E-state index in [9.17, 15) is 0 Å². The van der Waals surface area contributed by atoms with Gasteiger partial charge in [0.2, 0.25) is 0 Å². The fraction of sp³-hybridized carbons (Fsp3) is 0.333. The fourth-order valence-electron chi connectivity index (χ4n) is 2.58. The number of para-hydroxylation sites is 1. The van der Waals surface area contributed by atoms with Crippen molar-refractivity contribution in [2.45, 2.75) is 32.4 Å². The number of pyridine rings is 1. The molecule has 6 heteroatoms. The number of benzene rings is 1. The first kappa shape index (κ1) is 16.7. The first-order valence-electron chi connectivity index (χ1n) is 8.17. The zero-order valence-electron chi connectivity index (χ0n) is 14.5. The van der Waals surface area contributed by atoms with Gasteiger partial charge in [-0.25, -0.2) is 4.98 Å². The van der Waals surface area contributed by atoms with Gasteiger partial charge in [0, 0.05) is 43.9 Å². The van der Waals surface area contributed by atoms with Crippen LogP contribution in [0.25, 0.3) is 22.2 Å². The van der Waals surface area contributed by atoms with Crippen LogP contribution in [0.5, 0.6) is 0 Å². The molecule has 24 heavy (non-hydrogen) atoms. The molecule has 0 aliphatic rings. The number of anilines is 1. The van der Waals surface area contributed by atoms with E-state index in [0.717, 1.165) is 34.8 Å². The predicted octanol–water partition coefficient (Wildman–Crippen LogP) is 3.99. The molecule has 5 nitrogen and oxygen atoms in total. The monoisotopic (exact) mass is 340 g/mol. The summed E-state index contributed by atoms with van der Waals surface area (Å²) in [5.74, 6) is 0. The standard InChI is InChI=1S/C18H24N4OSi/c1-24(2,3)10-9-23-13-22-12-21-18-14(5-4-6-17(18)22)15-11-20-8-7-16(15)19/h4-8,11-12H,9-10,13H2,1-3H3,(H2,19,20). The smallest absolute Gasteiger partial charge is 0.124 e. The second kappa shape index (κ2) is 6.74. The molecule has 0 saturated carbocycles. The van der Waals surface area contributed by atoms with Gasteiger partial charge in [0.1, 0.15) is 6.73 Å².